The average molecular weight is 733 g/mol. The van der Waals surface area contributed by atoms with Crippen molar-refractivity contribution in [1.82, 2.24) is 26.6 Å². The topological polar surface area (TPSA) is 166 Å². The Bertz CT molecular complexity index is 1800. The monoisotopic (exact) mass is 732 g/mol. The van der Waals surface area contributed by atoms with Crippen molar-refractivity contribution in [1.29, 1.82) is 0 Å². The van der Waals surface area contributed by atoms with E-state index in [4.69, 9.17) is 0 Å². The number of carbonyl (C=O) groups is 4. The summed E-state index contributed by atoms with van der Waals surface area (Å²) < 4.78 is 26.1. The fraction of sp³-hybridized carbons (Fsp3) is 0.436. The van der Waals surface area contributed by atoms with Crippen LogP contribution in [0.25, 0.3) is 0 Å². The molecule has 3 aromatic carbocycles. The van der Waals surface area contributed by atoms with E-state index in [1.807, 2.05) is 88.4 Å². The van der Waals surface area contributed by atoms with Gasteiger partial charge in [0.2, 0.25) is 21.8 Å². The molecule has 4 atom stereocenters. The molecule has 1 saturated carbocycles. The van der Waals surface area contributed by atoms with Crippen LogP contribution in [0.1, 0.15) is 78.4 Å². The molecule has 1 aliphatic carbocycles. The highest BCUT2D eigenvalue weighted by Gasteiger charge is 2.38. The van der Waals surface area contributed by atoms with Gasteiger partial charge in [-0.3, -0.25) is 23.5 Å². The molecule has 0 radical (unpaired) electrons. The molecule has 0 aromatic heterocycles. The van der Waals surface area contributed by atoms with Crippen molar-refractivity contribution in [2.75, 3.05) is 30.7 Å². The highest BCUT2D eigenvalue weighted by Crippen LogP contribution is 2.33. The van der Waals surface area contributed by atoms with E-state index in [0.29, 0.717) is 13.0 Å². The smallest absolute Gasteiger partial charge is 0.251 e. The van der Waals surface area contributed by atoms with Crippen molar-refractivity contribution in [3.05, 3.63) is 101 Å². The van der Waals surface area contributed by atoms with Crippen LogP contribution in [0.2, 0.25) is 0 Å². The lowest BCUT2D eigenvalue weighted by Gasteiger charge is -2.27. The Hall–Kier alpha value is -4.75. The summed E-state index contributed by atoms with van der Waals surface area (Å²) in [5.74, 6) is -1.51. The van der Waals surface area contributed by atoms with E-state index in [1.54, 1.807) is 0 Å². The van der Waals surface area contributed by atoms with Crippen LogP contribution in [0.4, 0.5) is 5.69 Å². The van der Waals surface area contributed by atoms with E-state index in [1.165, 1.54) is 25.2 Å². The van der Waals surface area contributed by atoms with Crippen LogP contribution in [-0.2, 0) is 26.0 Å². The molecule has 3 aromatic rings. The minimum atomic E-state index is -3.73. The number of hydrogen-bond acceptors (Lipinski definition) is 7. The predicted molar refractivity (Wildman–Crippen MR) is 203 cm³/mol. The first-order chi connectivity index (χ1) is 24.7. The number of carbonyl (C=O) groups excluding carboxylic acids is 4. The Morgan fingerprint density at radius 3 is 1.92 bits per heavy atom. The van der Waals surface area contributed by atoms with Gasteiger partial charge in [0.1, 0.15) is 6.04 Å². The number of nitrogens with zero attached hydrogens (tertiary/aromatic N) is 1. The van der Waals surface area contributed by atoms with Crippen molar-refractivity contribution in [3.8, 4) is 0 Å². The summed E-state index contributed by atoms with van der Waals surface area (Å²) in [5, 5.41) is 15.1. The highest BCUT2D eigenvalue weighted by molar-refractivity contribution is 7.92. The molecular formula is C39H52N6O6S. The molecule has 0 saturated heterocycles. The lowest BCUT2D eigenvalue weighted by atomic mass is 10.0. The first-order valence-electron chi connectivity index (χ1n) is 17.8. The zero-order valence-electron chi connectivity index (χ0n) is 30.8. The summed E-state index contributed by atoms with van der Waals surface area (Å²) in [6.45, 7) is 8.12. The Morgan fingerprint density at radius 1 is 0.808 bits per heavy atom. The van der Waals surface area contributed by atoms with E-state index in [-0.39, 0.29) is 53.1 Å². The number of hydrogen-bond donors (Lipinski definition) is 5. The Kier molecular flexibility index (Phi) is 14.0. The van der Waals surface area contributed by atoms with Gasteiger partial charge in [0.25, 0.3) is 11.8 Å². The summed E-state index contributed by atoms with van der Waals surface area (Å²) in [4.78, 5) is 53.8. The van der Waals surface area contributed by atoms with Gasteiger partial charge in [-0.1, -0.05) is 74.5 Å². The SMILES string of the molecule is CCNC(=O)[C@@H](NC(=O)C(NC[C@H](Cc1ccccc1)NC(=O)c1cc(C(=O)N[C@H](C)c2ccccc2)cc(N(C)S(C)(=O)=O)c1)C1CC1)C(C)C. The molecule has 4 rings (SSSR count). The number of likely N-dealkylation sites (N-methyl/N-ethyl adjacent to an activating group) is 1. The predicted octanol–water partition coefficient (Wildman–Crippen LogP) is 3.56. The lowest BCUT2D eigenvalue weighted by Crippen LogP contribution is -2.57. The normalized spacial score (nSPS) is 15.1. The van der Waals surface area contributed by atoms with Crippen molar-refractivity contribution >= 4 is 39.3 Å². The minimum Gasteiger partial charge on any atom is -0.355 e. The number of sulfonamides is 1. The van der Waals surface area contributed by atoms with Gasteiger partial charge in [0.05, 0.1) is 24.0 Å². The second kappa shape index (κ2) is 18.1. The van der Waals surface area contributed by atoms with Gasteiger partial charge in [0.15, 0.2) is 0 Å². The largest absolute Gasteiger partial charge is 0.355 e. The van der Waals surface area contributed by atoms with Gasteiger partial charge in [-0.05, 0) is 74.3 Å². The van der Waals surface area contributed by atoms with Crippen molar-refractivity contribution in [2.45, 2.75) is 71.1 Å². The molecule has 12 nitrogen and oxygen atoms in total. The molecule has 1 fully saturated rings. The lowest BCUT2D eigenvalue weighted by molar-refractivity contribution is -0.131. The van der Waals surface area contributed by atoms with Crippen LogP contribution in [0.3, 0.4) is 0 Å². The van der Waals surface area contributed by atoms with Gasteiger partial charge >= 0.3 is 0 Å². The third kappa shape index (κ3) is 11.4. The van der Waals surface area contributed by atoms with Crippen molar-refractivity contribution in [3.63, 3.8) is 0 Å². The van der Waals surface area contributed by atoms with Crippen LogP contribution in [-0.4, -0.2) is 76.6 Å². The zero-order chi connectivity index (χ0) is 38.0. The highest BCUT2D eigenvalue weighted by atomic mass is 32.2. The summed E-state index contributed by atoms with van der Waals surface area (Å²) in [6.07, 6.45) is 3.20. The molecule has 0 heterocycles. The van der Waals surface area contributed by atoms with E-state index < -0.39 is 40.0 Å². The Morgan fingerprint density at radius 2 is 1.38 bits per heavy atom. The molecule has 4 amide bonds. The summed E-state index contributed by atoms with van der Waals surface area (Å²) in [7, 11) is -2.36. The zero-order valence-corrected chi connectivity index (χ0v) is 31.6. The first kappa shape index (κ1) is 40.0. The Labute approximate surface area is 307 Å². The van der Waals surface area contributed by atoms with E-state index >= 15 is 0 Å². The van der Waals surface area contributed by atoms with Gasteiger partial charge in [-0.15, -0.1) is 0 Å². The fourth-order valence-electron chi connectivity index (χ4n) is 5.93. The van der Waals surface area contributed by atoms with Crippen LogP contribution < -0.4 is 30.9 Å². The van der Waals surface area contributed by atoms with Gasteiger partial charge in [0, 0.05) is 37.3 Å². The van der Waals surface area contributed by atoms with Crippen LogP contribution in [0.15, 0.2) is 78.9 Å². The Balaban J connectivity index is 1.59. The van der Waals surface area contributed by atoms with Crippen molar-refractivity contribution in [2.24, 2.45) is 11.8 Å². The summed E-state index contributed by atoms with van der Waals surface area (Å²) in [5.41, 5.74) is 2.22. The molecular weight excluding hydrogens is 681 g/mol. The standard InChI is InChI=1S/C39H52N6O6S/c1-7-40-38(48)34(25(2)3)44-39(49)35(29-18-19-29)41-24-32(20-27-14-10-8-11-15-27)43-37(47)31-21-30(22-33(23-31)45(5)52(6,50)51)36(46)42-26(4)28-16-12-9-13-17-28/h8-17,21-23,25-26,29,32,34-35,41H,7,18-20,24H2,1-6H3,(H,40,48)(H,42,46)(H,43,47)(H,44,49)/t26-,32+,34+,35?/m1/s1. The molecule has 0 spiro atoms. The maximum Gasteiger partial charge on any atom is 0.251 e. The molecule has 52 heavy (non-hydrogen) atoms. The average Bonchev–Trinajstić information content (AvgIpc) is 3.96. The molecule has 1 unspecified atom stereocenters. The number of benzene rings is 3. The van der Waals surface area contributed by atoms with Gasteiger partial charge in [-0.25, -0.2) is 8.42 Å². The number of anilines is 1. The maximum absolute atomic E-state index is 14.0. The van der Waals surface area contributed by atoms with E-state index in [2.05, 4.69) is 26.6 Å². The molecule has 1 aliphatic rings. The molecule has 0 aliphatic heterocycles. The molecule has 5 N–H and O–H groups in total. The van der Waals surface area contributed by atoms with Crippen LogP contribution in [0.5, 0.6) is 0 Å². The molecule has 13 heteroatoms. The number of amides is 4. The summed E-state index contributed by atoms with van der Waals surface area (Å²) in [6, 6.07) is 21.2. The minimum absolute atomic E-state index is 0.0951. The second-order valence-electron chi connectivity index (χ2n) is 13.8. The van der Waals surface area contributed by atoms with Gasteiger partial charge < -0.3 is 26.6 Å². The van der Waals surface area contributed by atoms with Crippen molar-refractivity contribution < 1.29 is 27.6 Å². The molecule has 0 bridgehead atoms. The van der Waals surface area contributed by atoms with E-state index in [0.717, 1.165) is 34.5 Å². The number of rotatable bonds is 18. The summed E-state index contributed by atoms with van der Waals surface area (Å²) >= 11 is 0. The first-order valence-corrected chi connectivity index (χ1v) is 19.6. The molecule has 280 valence electrons. The third-order valence-electron chi connectivity index (χ3n) is 9.17. The second-order valence-corrected chi connectivity index (χ2v) is 15.8. The fourth-order valence-corrected chi connectivity index (χ4v) is 6.42. The quantitative estimate of drug-likeness (QED) is 0.133. The van der Waals surface area contributed by atoms with Crippen LogP contribution in [0, 0.1) is 11.8 Å². The number of nitrogens with one attached hydrogen (secondary N) is 5. The third-order valence-corrected chi connectivity index (χ3v) is 10.4. The van der Waals surface area contributed by atoms with Crippen LogP contribution >= 0.6 is 0 Å². The van der Waals surface area contributed by atoms with E-state index in [9.17, 15) is 27.6 Å². The maximum atomic E-state index is 14.0. The van der Waals surface area contributed by atoms with Gasteiger partial charge in [-0.2, -0.15) is 0 Å².